The molecule has 1 amide bonds. The maximum absolute atomic E-state index is 12.3. The Morgan fingerprint density at radius 2 is 1.91 bits per heavy atom. The number of ether oxygens (including phenoxy) is 1. The predicted molar refractivity (Wildman–Crippen MR) is 127 cm³/mol. The Morgan fingerprint density at radius 3 is 2.55 bits per heavy atom. The van der Waals surface area contributed by atoms with Crippen molar-refractivity contribution >= 4 is 11.7 Å². The fourth-order valence-electron chi connectivity index (χ4n) is 4.32. The summed E-state index contributed by atoms with van der Waals surface area (Å²) in [6.45, 7) is 6.56. The summed E-state index contributed by atoms with van der Waals surface area (Å²) in [4.78, 5) is 14.0. The number of hydrogen-bond acceptors (Lipinski definition) is 6. The topological polar surface area (TPSA) is 123 Å². The molecular weight excluding hydrogens is 416 g/mol. The predicted octanol–water partition coefficient (Wildman–Crippen LogP) is 4.15. The van der Waals surface area contributed by atoms with Gasteiger partial charge in [0, 0.05) is 11.6 Å². The van der Waals surface area contributed by atoms with Gasteiger partial charge in [0.05, 0.1) is 12.6 Å². The van der Waals surface area contributed by atoms with Crippen molar-refractivity contribution in [3.63, 3.8) is 0 Å². The smallest absolute Gasteiger partial charge is 0.254 e. The molecule has 1 aromatic heterocycles. The average Bonchev–Trinajstić information content (AvgIpc) is 3.14. The van der Waals surface area contributed by atoms with E-state index >= 15 is 0 Å². The van der Waals surface area contributed by atoms with Gasteiger partial charge in [0.1, 0.15) is 28.6 Å². The molecule has 2 aromatic carbocycles. The van der Waals surface area contributed by atoms with E-state index in [0.29, 0.717) is 23.6 Å². The number of aryl methyl sites for hydroxylation is 2. The van der Waals surface area contributed by atoms with Gasteiger partial charge in [0.2, 0.25) is 0 Å². The number of hydrogen-bond donors (Lipinski definition) is 2. The van der Waals surface area contributed by atoms with Crippen LogP contribution < -0.4 is 16.2 Å². The zero-order valence-corrected chi connectivity index (χ0v) is 19.1. The first-order valence-electron chi connectivity index (χ1n) is 11.0. The lowest BCUT2D eigenvalue weighted by molar-refractivity contribution is 0.100. The quantitative estimate of drug-likeness (QED) is 0.570. The minimum Gasteiger partial charge on any atom is -0.457 e. The first-order valence-corrected chi connectivity index (χ1v) is 11.0. The third-order valence-electron chi connectivity index (χ3n) is 6.21. The molecule has 1 saturated heterocycles. The monoisotopic (exact) mass is 444 g/mol. The minimum atomic E-state index is -0.634. The second-order valence-electron chi connectivity index (χ2n) is 8.65. The number of rotatable bonds is 5. The van der Waals surface area contributed by atoms with Crippen LogP contribution in [0.1, 0.15) is 47.3 Å². The molecule has 8 nitrogen and oxygen atoms in total. The highest BCUT2D eigenvalue weighted by Gasteiger charge is 2.30. The zero-order chi connectivity index (χ0) is 23.7. The van der Waals surface area contributed by atoms with Crippen molar-refractivity contribution in [1.82, 2.24) is 14.7 Å². The Balaban J connectivity index is 1.64. The van der Waals surface area contributed by atoms with Gasteiger partial charge >= 0.3 is 0 Å². The van der Waals surface area contributed by atoms with E-state index in [2.05, 4.69) is 17.4 Å². The molecule has 0 bridgehead atoms. The van der Waals surface area contributed by atoms with E-state index in [4.69, 9.17) is 16.2 Å². The number of nitrogens with zero attached hydrogens (tertiary/aromatic N) is 4. The molecule has 1 aliphatic heterocycles. The minimum absolute atomic E-state index is 0.111. The largest absolute Gasteiger partial charge is 0.457 e. The summed E-state index contributed by atoms with van der Waals surface area (Å²) >= 11 is 0. The van der Waals surface area contributed by atoms with Gasteiger partial charge in [-0.2, -0.15) is 10.4 Å². The standard InChI is InChI=1S/C25H28N6O2/c1-15-4-11-21(16(2)12-15)33-20-9-6-18(7-10-20)23-22(25(28)32)24(27)31(29-23)19-8-5-17(3)30(13-19)14-26/h4,6-7,9-12,17,19H,5,8,13,27H2,1-3H3,(H2,28,32). The number of anilines is 1. The zero-order valence-electron chi connectivity index (χ0n) is 19.1. The van der Waals surface area contributed by atoms with E-state index in [-0.39, 0.29) is 23.5 Å². The van der Waals surface area contributed by atoms with E-state index in [1.165, 1.54) is 5.56 Å². The number of benzene rings is 2. The summed E-state index contributed by atoms with van der Waals surface area (Å²) in [5.41, 5.74) is 15.6. The molecule has 33 heavy (non-hydrogen) atoms. The number of nitrogens with two attached hydrogens (primary N) is 2. The lowest BCUT2D eigenvalue weighted by Crippen LogP contribution is -2.39. The van der Waals surface area contributed by atoms with E-state index in [0.717, 1.165) is 24.2 Å². The van der Waals surface area contributed by atoms with Crippen molar-refractivity contribution in [2.24, 2.45) is 5.73 Å². The van der Waals surface area contributed by atoms with Crippen molar-refractivity contribution in [3.05, 3.63) is 59.2 Å². The third kappa shape index (κ3) is 4.35. The lowest BCUT2D eigenvalue weighted by Gasteiger charge is -2.34. The molecule has 4 rings (SSSR count). The number of likely N-dealkylation sites (tertiary alicyclic amines) is 1. The van der Waals surface area contributed by atoms with Gasteiger partial charge < -0.3 is 21.1 Å². The van der Waals surface area contributed by atoms with Crippen LogP contribution in [-0.2, 0) is 0 Å². The summed E-state index contributed by atoms with van der Waals surface area (Å²) in [6, 6.07) is 13.4. The molecule has 2 heterocycles. The van der Waals surface area contributed by atoms with Crippen LogP contribution in [-0.4, -0.2) is 33.2 Å². The first kappa shape index (κ1) is 22.2. The van der Waals surface area contributed by atoms with E-state index in [1.54, 1.807) is 9.58 Å². The van der Waals surface area contributed by atoms with Gasteiger partial charge in [-0.25, -0.2) is 4.68 Å². The number of carbonyl (C=O) groups is 1. The van der Waals surface area contributed by atoms with Gasteiger partial charge in [-0.1, -0.05) is 17.7 Å². The fourth-order valence-corrected chi connectivity index (χ4v) is 4.32. The normalized spacial score (nSPS) is 18.1. The third-order valence-corrected chi connectivity index (χ3v) is 6.21. The van der Waals surface area contributed by atoms with Crippen molar-refractivity contribution in [1.29, 1.82) is 5.26 Å². The Labute approximate surface area is 193 Å². The van der Waals surface area contributed by atoms with Gasteiger partial charge in [-0.05, 0) is 69.5 Å². The molecule has 0 saturated carbocycles. The number of carbonyl (C=O) groups excluding carboxylic acids is 1. The first-order chi connectivity index (χ1) is 15.8. The molecule has 4 N–H and O–H groups in total. The summed E-state index contributed by atoms with van der Waals surface area (Å²) in [5.74, 6) is 1.05. The van der Waals surface area contributed by atoms with Crippen LogP contribution in [0.25, 0.3) is 11.3 Å². The highest BCUT2D eigenvalue weighted by Crippen LogP contribution is 2.34. The average molecular weight is 445 g/mol. The van der Waals surface area contributed by atoms with Crippen LogP contribution >= 0.6 is 0 Å². The Morgan fingerprint density at radius 1 is 1.18 bits per heavy atom. The fraction of sp³-hybridized carbons (Fsp3) is 0.320. The van der Waals surface area contributed by atoms with Crippen molar-refractivity contribution in [2.75, 3.05) is 12.3 Å². The number of primary amides is 1. The maximum atomic E-state index is 12.3. The highest BCUT2D eigenvalue weighted by molar-refractivity contribution is 6.03. The van der Waals surface area contributed by atoms with Crippen LogP contribution in [0.2, 0.25) is 0 Å². The van der Waals surface area contributed by atoms with Crippen molar-refractivity contribution < 1.29 is 9.53 Å². The Hall–Kier alpha value is -3.99. The van der Waals surface area contributed by atoms with Crippen LogP contribution in [0.5, 0.6) is 11.5 Å². The van der Waals surface area contributed by atoms with Crippen molar-refractivity contribution in [2.45, 2.75) is 45.7 Å². The summed E-state index contributed by atoms with van der Waals surface area (Å²) < 4.78 is 7.66. The Bertz CT molecular complexity index is 1220. The number of nitrogen functional groups attached to an aromatic ring is 1. The molecule has 0 spiro atoms. The van der Waals surface area contributed by atoms with Crippen molar-refractivity contribution in [3.8, 4) is 28.9 Å². The molecule has 3 aromatic rings. The molecular formula is C25H28N6O2. The van der Waals surface area contributed by atoms with Gasteiger partial charge in [-0.15, -0.1) is 0 Å². The van der Waals surface area contributed by atoms with E-state index in [1.807, 2.05) is 57.2 Å². The second kappa shape index (κ2) is 8.87. The molecule has 0 aliphatic carbocycles. The molecule has 2 atom stereocenters. The van der Waals surface area contributed by atoms with Gasteiger partial charge in [-0.3, -0.25) is 4.79 Å². The Kier molecular flexibility index (Phi) is 5.97. The molecule has 170 valence electrons. The number of amides is 1. The maximum Gasteiger partial charge on any atom is 0.254 e. The number of aromatic nitrogens is 2. The van der Waals surface area contributed by atoms with Crippen LogP contribution in [0.4, 0.5) is 5.82 Å². The molecule has 8 heteroatoms. The summed E-state index contributed by atoms with van der Waals surface area (Å²) in [5, 5.41) is 14.1. The van der Waals surface area contributed by atoms with Gasteiger partial charge in [0.25, 0.3) is 5.91 Å². The summed E-state index contributed by atoms with van der Waals surface area (Å²) in [7, 11) is 0. The number of piperidine rings is 1. The van der Waals surface area contributed by atoms with Gasteiger partial charge in [0.15, 0.2) is 6.19 Å². The van der Waals surface area contributed by atoms with E-state index < -0.39 is 5.91 Å². The van der Waals surface area contributed by atoms with Crippen LogP contribution in [0, 0.1) is 25.3 Å². The van der Waals surface area contributed by atoms with E-state index in [9.17, 15) is 10.1 Å². The lowest BCUT2D eigenvalue weighted by atomic mass is 10.00. The second-order valence-corrected chi connectivity index (χ2v) is 8.65. The molecule has 0 radical (unpaired) electrons. The van der Waals surface area contributed by atoms with Crippen LogP contribution in [0.15, 0.2) is 42.5 Å². The number of nitriles is 1. The highest BCUT2D eigenvalue weighted by atomic mass is 16.5. The SMILES string of the molecule is Cc1ccc(Oc2ccc(-c3nn(C4CCC(C)N(C#N)C4)c(N)c3C(N)=O)cc2)c(C)c1. The summed E-state index contributed by atoms with van der Waals surface area (Å²) in [6.07, 6.45) is 3.88. The molecule has 2 unspecified atom stereocenters. The molecule has 1 aliphatic rings. The van der Waals surface area contributed by atoms with Crippen LogP contribution in [0.3, 0.4) is 0 Å². The molecule has 1 fully saturated rings.